The van der Waals surface area contributed by atoms with Crippen molar-refractivity contribution in [2.24, 2.45) is 0 Å². The van der Waals surface area contributed by atoms with E-state index in [9.17, 15) is 18.4 Å². The minimum Gasteiger partial charge on any atom is -0.478 e. The molecule has 0 aliphatic heterocycles. The molecule has 116 valence electrons. The van der Waals surface area contributed by atoms with Crippen LogP contribution in [0.15, 0.2) is 12.1 Å². The van der Waals surface area contributed by atoms with Gasteiger partial charge in [-0.25, -0.2) is 13.6 Å². The highest BCUT2D eigenvalue weighted by Gasteiger charge is 2.16. The van der Waals surface area contributed by atoms with Gasteiger partial charge in [0.2, 0.25) is 5.91 Å². The first-order valence-electron chi connectivity index (χ1n) is 6.37. The lowest BCUT2D eigenvalue weighted by molar-refractivity contribution is -0.122. The van der Waals surface area contributed by atoms with E-state index in [2.05, 4.69) is 10.6 Å². The van der Waals surface area contributed by atoms with Gasteiger partial charge in [-0.1, -0.05) is 0 Å². The second kappa shape index (κ2) is 6.51. The fourth-order valence-electron chi connectivity index (χ4n) is 1.65. The standard InChI is InChI=1S/C14H18F2N2O3/c1-14(2,3)18-11(19)4-5-17-12-9(15)6-8(13(20)21)7-10(12)16/h6-7,17H,4-5H2,1-3H3,(H,18,19)(H,20,21). The molecule has 0 fully saturated rings. The molecule has 0 heterocycles. The quantitative estimate of drug-likeness (QED) is 0.780. The van der Waals surface area contributed by atoms with Crippen LogP contribution in [-0.2, 0) is 4.79 Å². The van der Waals surface area contributed by atoms with Gasteiger partial charge in [0.25, 0.3) is 0 Å². The fourth-order valence-corrected chi connectivity index (χ4v) is 1.65. The molecule has 5 nitrogen and oxygen atoms in total. The number of hydrogen-bond donors (Lipinski definition) is 3. The van der Waals surface area contributed by atoms with Crippen molar-refractivity contribution in [3.8, 4) is 0 Å². The molecule has 0 aliphatic carbocycles. The van der Waals surface area contributed by atoms with Crippen LogP contribution in [0.1, 0.15) is 37.6 Å². The lowest BCUT2D eigenvalue weighted by atomic mass is 10.1. The molecule has 7 heteroatoms. The molecule has 1 aromatic carbocycles. The Labute approximate surface area is 121 Å². The minimum absolute atomic E-state index is 0.0299. The summed E-state index contributed by atoms with van der Waals surface area (Å²) in [5.41, 5.74) is -1.29. The number of carboxylic acid groups (broad SMARTS) is 1. The number of carbonyl (C=O) groups excluding carboxylic acids is 1. The molecule has 0 aliphatic rings. The Morgan fingerprint density at radius 2 is 1.71 bits per heavy atom. The second-order valence-corrected chi connectivity index (χ2v) is 5.59. The fraction of sp³-hybridized carbons (Fsp3) is 0.429. The maximum Gasteiger partial charge on any atom is 0.335 e. The zero-order chi connectivity index (χ0) is 16.2. The summed E-state index contributed by atoms with van der Waals surface area (Å²) < 4.78 is 27.2. The molecule has 3 N–H and O–H groups in total. The van der Waals surface area contributed by atoms with E-state index in [0.29, 0.717) is 0 Å². The van der Waals surface area contributed by atoms with Crippen molar-refractivity contribution in [2.75, 3.05) is 11.9 Å². The molecule has 0 spiro atoms. The van der Waals surface area contributed by atoms with Crippen molar-refractivity contribution in [3.05, 3.63) is 29.3 Å². The predicted octanol–water partition coefficient (Wildman–Crippen LogP) is 2.38. The van der Waals surface area contributed by atoms with Crippen LogP contribution < -0.4 is 10.6 Å². The highest BCUT2D eigenvalue weighted by Crippen LogP contribution is 2.20. The minimum atomic E-state index is -1.41. The van der Waals surface area contributed by atoms with E-state index in [4.69, 9.17) is 5.11 Å². The van der Waals surface area contributed by atoms with Crippen LogP contribution in [-0.4, -0.2) is 29.1 Å². The average Bonchev–Trinajstić information content (AvgIpc) is 2.29. The Morgan fingerprint density at radius 1 is 1.19 bits per heavy atom. The summed E-state index contributed by atoms with van der Waals surface area (Å²) in [6, 6.07) is 1.45. The van der Waals surface area contributed by atoms with E-state index in [1.54, 1.807) is 0 Å². The van der Waals surface area contributed by atoms with Crippen LogP contribution in [0.5, 0.6) is 0 Å². The van der Waals surface area contributed by atoms with Crippen molar-refractivity contribution in [2.45, 2.75) is 32.7 Å². The lowest BCUT2D eigenvalue weighted by Crippen LogP contribution is -2.41. The largest absolute Gasteiger partial charge is 0.478 e. The normalized spacial score (nSPS) is 11.1. The molecule has 0 saturated carbocycles. The van der Waals surface area contributed by atoms with Crippen molar-refractivity contribution < 1.29 is 23.5 Å². The predicted molar refractivity (Wildman–Crippen MR) is 74.3 cm³/mol. The lowest BCUT2D eigenvalue weighted by Gasteiger charge is -2.20. The van der Waals surface area contributed by atoms with Crippen molar-refractivity contribution in [3.63, 3.8) is 0 Å². The van der Waals surface area contributed by atoms with Gasteiger partial charge in [0.1, 0.15) is 17.3 Å². The van der Waals surface area contributed by atoms with E-state index >= 15 is 0 Å². The van der Waals surface area contributed by atoms with Crippen LogP contribution >= 0.6 is 0 Å². The Balaban J connectivity index is 2.64. The molecule has 0 atom stereocenters. The molecular weight excluding hydrogens is 282 g/mol. The summed E-state index contributed by atoms with van der Waals surface area (Å²) in [6.07, 6.45) is 0.0385. The smallest absolute Gasteiger partial charge is 0.335 e. The Morgan fingerprint density at radius 3 is 2.14 bits per heavy atom. The number of carbonyl (C=O) groups is 2. The molecule has 21 heavy (non-hydrogen) atoms. The van der Waals surface area contributed by atoms with Crippen molar-refractivity contribution in [1.29, 1.82) is 0 Å². The van der Waals surface area contributed by atoms with Gasteiger partial charge in [0.15, 0.2) is 0 Å². The third kappa shape index (κ3) is 5.37. The Bertz CT molecular complexity index is 531. The number of aromatic carboxylic acids is 1. The topological polar surface area (TPSA) is 78.4 Å². The zero-order valence-electron chi connectivity index (χ0n) is 12.1. The van der Waals surface area contributed by atoms with Gasteiger partial charge in [-0.15, -0.1) is 0 Å². The van der Waals surface area contributed by atoms with Gasteiger partial charge in [0.05, 0.1) is 5.56 Å². The zero-order valence-corrected chi connectivity index (χ0v) is 12.1. The van der Waals surface area contributed by atoms with Gasteiger partial charge in [-0.05, 0) is 32.9 Å². The first-order valence-corrected chi connectivity index (χ1v) is 6.37. The van der Waals surface area contributed by atoms with E-state index in [1.165, 1.54) is 0 Å². The Kier molecular flexibility index (Phi) is 5.23. The van der Waals surface area contributed by atoms with Crippen LogP contribution in [0.2, 0.25) is 0 Å². The monoisotopic (exact) mass is 300 g/mol. The number of rotatable bonds is 5. The number of hydrogen-bond acceptors (Lipinski definition) is 3. The van der Waals surface area contributed by atoms with E-state index in [1.807, 2.05) is 20.8 Å². The van der Waals surface area contributed by atoms with Crippen molar-refractivity contribution in [1.82, 2.24) is 5.32 Å². The Hall–Kier alpha value is -2.18. The van der Waals surface area contributed by atoms with E-state index < -0.39 is 28.9 Å². The highest BCUT2D eigenvalue weighted by molar-refractivity contribution is 5.88. The number of halogens is 2. The van der Waals surface area contributed by atoms with E-state index in [-0.39, 0.29) is 24.4 Å². The molecular formula is C14H18F2N2O3. The molecule has 0 bridgehead atoms. The molecule has 1 amide bonds. The number of carboxylic acids is 1. The van der Waals surface area contributed by atoms with Gasteiger partial charge in [-0.3, -0.25) is 4.79 Å². The first-order chi connectivity index (χ1) is 9.60. The summed E-state index contributed by atoms with van der Waals surface area (Å²) >= 11 is 0. The summed E-state index contributed by atoms with van der Waals surface area (Å²) in [5, 5.41) is 13.8. The maximum atomic E-state index is 13.6. The first kappa shape index (κ1) is 16.9. The molecule has 0 unspecified atom stereocenters. The van der Waals surface area contributed by atoms with E-state index in [0.717, 1.165) is 12.1 Å². The highest BCUT2D eigenvalue weighted by atomic mass is 19.1. The summed E-state index contributed by atoms with van der Waals surface area (Å²) in [6.45, 7) is 5.50. The van der Waals surface area contributed by atoms with Gasteiger partial charge < -0.3 is 15.7 Å². The summed E-state index contributed by atoms with van der Waals surface area (Å²) in [4.78, 5) is 22.2. The molecule has 0 radical (unpaired) electrons. The third-order valence-corrected chi connectivity index (χ3v) is 2.46. The number of anilines is 1. The number of amides is 1. The van der Waals surface area contributed by atoms with Crippen LogP contribution in [0.25, 0.3) is 0 Å². The number of nitrogens with one attached hydrogen (secondary N) is 2. The molecule has 1 rings (SSSR count). The second-order valence-electron chi connectivity index (χ2n) is 5.59. The van der Waals surface area contributed by atoms with Gasteiger partial charge in [-0.2, -0.15) is 0 Å². The summed E-state index contributed by atoms with van der Waals surface area (Å²) in [7, 11) is 0. The molecule has 1 aromatic rings. The number of benzene rings is 1. The van der Waals surface area contributed by atoms with Crippen LogP contribution in [0.4, 0.5) is 14.5 Å². The molecule has 0 saturated heterocycles. The maximum absolute atomic E-state index is 13.6. The van der Waals surface area contributed by atoms with Gasteiger partial charge >= 0.3 is 5.97 Å². The molecule has 0 aromatic heterocycles. The summed E-state index contributed by atoms with van der Waals surface area (Å²) in [5.74, 6) is -3.69. The SMILES string of the molecule is CC(C)(C)NC(=O)CCNc1c(F)cc(C(=O)O)cc1F. The third-order valence-electron chi connectivity index (χ3n) is 2.46. The van der Waals surface area contributed by atoms with Crippen molar-refractivity contribution >= 4 is 17.6 Å². The van der Waals surface area contributed by atoms with Gasteiger partial charge in [0, 0.05) is 18.5 Å². The van der Waals surface area contributed by atoms with Crippen LogP contribution in [0, 0.1) is 11.6 Å². The van der Waals surface area contributed by atoms with Crippen LogP contribution in [0.3, 0.4) is 0 Å². The average molecular weight is 300 g/mol.